The zero-order valence-corrected chi connectivity index (χ0v) is 17.1. The predicted molar refractivity (Wildman–Crippen MR) is 116 cm³/mol. The molecule has 3 aromatic heterocycles. The fourth-order valence-corrected chi connectivity index (χ4v) is 3.53. The van der Waals surface area contributed by atoms with Crippen LogP contribution in [0.15, 0.2) is 48.9 Å². The molecule has 0 bridgehead atoms. The van der Waals surface area contributed by atoms with Crippen molar-refractivity contribution in [2.45, 2.75) is 13.5 Å². The van der Waals surface area contributed by atoms with Crippen LogP contribution in [-0.4, -0.2) is 35.6 Å². The van der Waals surface area contributed by atoms with Crippen molar-refractivity contribution in [1.29, 1.82) is 0 Å². The van der Waals surface area contributed by atoms with Gasteiger partial charge in [-0.25, -0.2) is 9.97 Å². The Morgan fingerprint density at radius 1 is 1.19 bits per heavy atom. The van der Waals surface area contributed by atoms with Gasteiger partial charge in [-0.15, -0.1) is 0 Å². The Morgan fingerprint density at radius 2 is 2.03 bits per heavy atom. The van der Waals surface area contributed by atoms with Gasteiger partial charge in [-0.05, 0) is 31.2 Å². The van der Waals surface area contributed by atoms with E-state index in [2.05, 4.69) is 25.0 Å². The highest BCUT2D eigenvalue weighted by atomic mass is 35.5. The molecule has 0 aliphatic heterocycles. The second-order valence-electron chi connectivity index (χ2n) is 7.00. The van der Waals surface area contributed by atoms with Crippen LogP contribution in [-0.2, 0) is 11.3 Å². The molecule has 3 N–H and O–H groups in total. The lowest BCUT2D eigenvalue weighted by Crippen LogP contribution is -2.18. The number of H-pyrrole nitrogens is 1. The number of ether oxygens (including phenoxy) is 1. The van der Waals surface area contributed by atoms with E-state index < -0.39 is 5.91 Å². The minimum atomic E-state index is -0.479. The molecule has 0 aliphatic rings. The van der Waals surface area contributed by atoms with Crippen LogP contribution < -0.4 is 10.5 Å². The lowest BCUT2D eigenvalue weighted by atomic mass is 10.2. The van der Waals surface area contributed by atoms with Crippen molar-refractivity contribution in [3.63, 3.8) is 0 Å². The van der Waals surface area contributed by atoms with Crippen molar-refractivity contribution >= 4 is 39.6 Å². The summed E-state index contributed by atoms with van der Waals surface area (Å²) in [6, 6.07) is 9.13. The molecule has 0 fully saturated rings. The summed E-state index contributed by atoms with van der Waals surface area (Å²) in [5, 5.41) is 4.46. The Bertz CT molecular complexity index is 1460. The first kappa shape index (κ1) is 19.0. The second-order valence-corrected chi connectivity index (χ2v) is 7.37. The number of imidazole rings is 1. The van der Waals surface area contributed by atoms with Crippen molar-refractivity contribution < 1.29 is 9.53 Å². The average molecular weight is 434 g/mol. The van der Waals surface area contributed by atoms with Gasteiger partial charge in [-0.1, -0.05) is 11.6 Å². The standard InChI is InChI=1S/C21H16ClN7O2/c1-11-26-14-3-2-13(6-16(14)27-11)31-18-5-4-15-21(20(18)22)28-17(8-24-15)12-7-25-29(9-12)10-19(23)30/h2-9H,10H2,1H3,(H2,23,30)(H,26,27). The Balaban J connectivity index is 1.50. The third kappa shape index (κ3) is 3.66. The van der Waals surface area contributed by atoms with E-state index in [1.807, 2.05) is 25.1 Å². The van der Waals surface area contributed by atoms with Crippen LogP contribution in [0.3, 0.4) is 0 Å². The lowest BCUT2D eigenvalue weighted by Gasteiger charge is -2.10. The Labute approximate surface area is 180 Å². The molecular formula is C21H16ClN7O2. The number of aromatic amines is 1. The van der Waals surface area contributed by atoms with E-state index >= 15 is 0 Å². The number of halogens is 1. The van der Waals surface area contributed by atoms with E-state index in [1.54, 1.807) is 30.7 Å². The number of amides is 1. The highest BCUT2D eigenvalue weighted by Crippen LogP contribution is 2.35. The second kappa shape index (κ2) is 7.37. The van der Waals surface area contributed by atoms with Gasteiger partial charge in [0.1, 0.15) is 34.4 Å². The number of carbonyl (C=O) groups is 1. The molecule has 31 heavy (non-hydrogen) atoms. The van der Waals surface area contributed by atoms with Gasteiger partial charge >= 0.3 is 0 Å². The van der Waals surface area contributed by atoms with Crippen LogP contribution in [0.4, 0.5) is 0 Å². The number of primary amides is 1. The summed E-state index contributed by atoms with van der Waals surface area (Å²) in [5.41, 5.74) is 9.34. The molecule has 3 heterocycles. The highest BCUT2D eigenvalue weighted by molar-refractivity contribution is 6.36. The summed E-state index contributed by atoms with van der Waals surface area (Å²) in [7, 11) is 0. The maximum atomic E-state index is 11.1. The molecule has 9 nitrogen and oxygen atoms in total. The highest BCUT2D eigenvalue weighted by Gasteiger charge is 2.13. The fraction of sp³-hybridized carbons (Fsp3) is 0.0952. The molecule has 0 atom stereocenters. The van der Waals surface area contributed by atoms with Crippen LogP contribution in [0.25, 0.3) is 33.3 Å². The first-order valence-electron chi connectivity index (χ1n) is 9.37. The number of nitrogens with zero attached hydrogens (tertiary/aromatic N) is 5. The van der Waals surface area contributed by atoms with Gasteiger partial charge in [0.15, 0.2) is 0 Å². The molecule has 0 saturated carbocycles. The molecule has 0 aliphatic carbocycles. The maximum absolute atomic E-state index is 11.1. The van der Waals surface area contributed by atoms with Gasteiger partial charge in [0, 0.05) is 17.8 Å². The van der Waals surface area contributed by atoms with E-state index in [9.17, 15) is 4.79 Å². The number of carbonyl (C=O) groups excluding carboxylic acids is 1. The fourth-order valence-electron chi connectivity index (χ4n) is 3.29. The summed E-state index contributed by atoms with van der Waals surface area (Å²) < 4.78 is 7.46. The Hall–Kier alpha value is -3.98. The zero-order valence-electron chi connectivity index (χ0n) is 16.3. The number of benzene rings is 2. The average Bonchev–Trinajstić information content (AvgIpc) is 3.34. The lowest BCUT2D eigenvalue weighted by molar-refractivity contribution is -0.118. The summed E-state index contributed by atoms with van der Waals surface area (Å²) in [4.78, 5) is 27.7. The van der Waals surface area contributed by atoms with Gasteiger partial charge in [0.25, 0.3) is 0 Å². The molecule has 154 valence electrons. The SMILES string of the molecule is Cc1nc2ccc(Oc3ccc4ncc(-c5cnn(CC(N)=O)c5)nc4c3Cl)cc2[nH]1. The molecule has 1 amide bonds. The van der Waals surface area contributed by atoms with Gasteiger partial charge in [-0.3, -0.25) is 14.5 Å². The van der Waals surface area contributed by atoms with Crippen molar-refractivity contribution in [3.05, 3.63) is 59.8 Å². The third-order valence-corrected chi connectivity index (χ3v) is 5.03. The number of aryl methyl sites for hydroxylation is 1. The molecule has 5 aromatic rings. The quantitative estimate of drug-likeness (QED) is 0.436. The number of hydrogen-bond donors (Lipinski definition) is 2. The van der Waals surface area contributed by atoms with Crippen LogP contribution in [0.5, 0.6) is 11.5 Å². The van der Waals surface area contributed by atoms with Crippen LogP contribution >= 0.6 is 11.6 Å². The van der Waals surface area contributed by atoms with E-state index in [-0.39, 0.29) is 6.54 Å². The van der Waals surface area contributed by atoms with Gasteiger partial charge in [0.2, 0.25) is 5.91 Å². The summed E-state index contributed by atoms with van der Waals surface area (Å²) in [5.74, 6) is 1.43. The van der Waals surface area contributed by atoms with Gasteiger partial charge in [-0.2, -0.15) is 5.10 Å². The van der Waals surface area contributed by atoms with Crippen LogP contribution in [0, 0.1) is 6.92 Å². The Kier molecular flexibility index (Phi) is 4.52. The third-order valence-electron chi connectivity index (χ3n) is 4.66. The summed E-state index contributed by atoms with van der Waals surface area (Å²) >= 11 is 6.62. The monoisotopic (exact) mass is 433 g/mol. The first-order valence-corrected chi connectivity index (χ1v) is 9.75. The number of fused-ring (bicyclic) bond motifs is 2. The topological polar surface area (TPSA) is 125 Å². The largest absolute Gasteiger partial charge is 0.456 e. The molecule has 10 heteroatoms. The van der Waals surface area contributed by atoms with Crippen molar-refractivity contribution in [2.75, 3.05) is 0 Å². The maximum Gasteiger partial charge on any atom is 0.239 e. The van der Waals surface area contributed by atoms with Gasteiger partial charge in [0.05, 0.1) is 34.6 Å². The van der Waals surface area contributed by atoms with Crippen LogP contribution in [0.2, 0.25) is 5.02 Å². The van der Waals surface area contributed by atoms with E-state index in [1.165, 1.54) is 4.68 Å². The normalized spacial score (nSPS) is 11.3. The van der Waals surface area contributed by atoms with E-state index in [0.717, 1.165) is 16.9 Å². The summed E-state index contributed by atoms with van der Waals surface area (Å²) in [6.45, 7) is 1.88. The molecule has 0 radical (unpaired) electrons. The van der Waals surface area contributed by atoms with Crippen molar-refractivity contribution in [3.8, 4) is 22.8 Å². The molecule has 2 aromatic carbocycles. The van der Waals surface area contributed by atoms with E-state index in [4.69, 9.17) is 22.1 Å². The first-order chi connectivity index (χ1) is 15.0. The minimum absolute atomic E-state index is 0.0139. The number of hydrogen-bond acceptors (Lipinski definition) is 6. The molecule has 0 unspecified atom stereocenters. The number of rotatable bonds is 5. The van der Waals surface area contributed by atoms with Crippen molar-refractivity contribution in [1.82, 2.24) is 29.7 Å². The molecule has 0 saturated heterocycles. The number of aromatic nitrogens is 6. The van der Waals surface area contributed by atoms with Crippen molar-refractivity contribution in [2.24, 2.45) is 5.73 Å². The van der Waals surface area contributed by atoms with Crippen LogP contribution in [0.1, 0.15) is 5.82 Å². The summed E-state index contributed by atoms with van der Waals surface area (Å²) in [6.07, 6.45) is 4.89. The molecule has 5 rings (SSSR count). The number of nitrogens with two attached hydrogens (primary N) is 1. The predicted octanol–water partition coefficient (Wildman–Crippen LogP) is 3.61. The molecular weight excluding hydrogens is 418 g/mol. The van der Waals surface area contributed by atoms with E-state index in [0.29, 0.717) is 38.8 Å². The number of nitrogens with one attached hydrogen (secondary N) is 1. The minimum Gasteiger partial charge on any atom is -0.456 e. The van der Waals surface area contributed by atoms with Gasteiger partial charge < -0.3 is 15.5 Å². The zero-order chi connectivity index (χ0) is 21.5. The smallest absolute Gasteiger partial charge is 0.239 e. The Morgan fingerprint density at radius 3 is 2.87 bits per heavy atom. The molecule has 0 spiro atoms.